The molecule has 1 amide bonds. The Bertz CT molecular complexity index is 549. The van der Waals surface area contributed by atoms with Crippen molar-refractivity contribution in [2.75, 3.05) is 6.26 Å². The van der Waals surface area contributed by atoms with E-state index < -0.39 is 9.84 Å². The highest BCUT2D eigenvalue weighted by Crippen LogP contribution is 2.16. The van der Waals surface area contributed by atoms with Gasteiger partial charge in [-0.2, -0.15) is 0 Å². The van der Waals surface area contributed by atoms with Gasteiger partial charge in [-0.25, -0.2) is 8.42 Å². The van der Waals surface area contributed by atoms with Crippen molar-refractivity contribution in [3.05, 3.63) is 29.8 Å². The second-order valence-corrected chi connectivity index (χ2v) is 6.35. The number of benzene rings is 1. The number of sulfone groups is 1. The molecule has 0 aliphatic rings. The van der Waals surface area contributed by atoms with Crippen LogP contribution in [0.5, 0.6) is 0 Å². The largest absolute Gasteiger partial charge is 0.350 e. The maximum atomic E-state index is 11.4. The Hall–Kier alpha value is -1.69. The standard InChI is InChI=1S/C13H17NO4S/c1-10(14-13(16)4-3-9-15)11-5-7-12(8-6-11)19(2,17)18/h5-10H,3-4H2,1-2H3,(H,14,16). The fraction of sp³-hybridized carbons (Fsp3) is 0.385. The van der Waals surface area contributed by atoms with Crippen molar-refractivity contribution >= 4 is 22.0 Å². The number of nitrogens with one attached hydrogen (secondary N) is 1. The lowest BCUT2D eigenvalue weighted by molar-refractivity contribution is -0.123. The van der Waals surface area contributed by atoms with E-state index in [0.717, 1.165) is 11.8 Å². The summed E-state index contributed by atoms with van der Waals surface area (Å²) in [5.41, 5.74) is 0.812. The van der Waals surface area contributed by atoms with Gasteiger partial charge < -0.3 is 10.1 Å². The van der Waals surface area contributed by atoms with E-state index in [9.17, 15) is 18.0 Å². The van der Waals surface area contributed by atoms with E-state index in [1.807, 2.05) is 0 Å². The molecule has 0 aliphatic carbocycles. The summed E-state index contributed by atoms with van der Waals surface area (Å²) < 4.78 is 22.6. The van der Waals surface area contributed by atoms with E-state index in [0.29, 0.717) is 6.29 Å². The molecule has 0 saturated heterocycles. The second-order valence-electron chi connectivity index (χ2n) is 4.34. The van der Waals surface area contributed by atoms with E-state index in [4.69, 9.17) is 0 Å². The summed E-state index contributed by atoms with van der Waals surface area (Å²) in [7, 11) is -3.21. The highest BCUT2D eigenvalue weighted by atomic mass is 32.2. The summed E-state index contributed by atoms with van der Waals surface area (Å²) in [6.07, 6.45) is 2.21. The SMILES string of the molecule is CC(NC(=O)CCC=O)c1ccc(S(C)(=O)=O)cc1. The van der Waals surface area contributed by atoms with E-state index in [1.165, 1.54) is 12.1 Å². The smallest absolute Gasteiger partial charge is 0.220 e. The van der Waals surface area contributed by atoms with Crippen LogP contribution in [0.25, 0.3) is 0 Å². The Morgan fingerprint density at radius 3 is 2.37 bits per heavy atom. The summed E-state index contributed by atoms with van der Waals surface area (Å²) in [6, 6.07) is 6.13. The van der Waals surface area contributed by atoms with Gasteiger partial charge in [-0.05, 0) is 24.6 Å². The first-order valence-corrected chi connectivity index (χ1v) is 7.76. The molecule has 0 fully saturated rings. The van der Waals surface area contributed by atoms with Crippen LogP contribution in [0.2, 0.25) is 0 Å². The lowest BCUT2D eigenvalue weighted by Crippen LogP contribution is -2.26. The lowest BCUT2D eigenvalue weighted by atomic mass is 10.1. The van der Waals surface area contributed by atoms with E-state index in [2.05, 4.69) is 5.32 Å². The number of aldehydes is 1. The molecule has 1 rings (SSSR count). The Kier molecular flexibility index (Phi) is 5.23. The van der Waals surface area contributed by atoms with Gasteiger partial charge in [-0.1, -0.05) is 12.1 Å². The molecule has 19 heavy (non-hydrogen) atoms. The monoisotopic (exact) mass is 283 g/mol. The number of amides is 1. The first kappa shape index (κ1) is 15.4. The fourth-order valence-corrected chi connectivity index (χ4v) is 2.22. The first-order chi connectivity index (χ1) is 8.84. The van der Waals surface area contributed by atoms with Crippen molar-refractivity contribution < 1.29 is 18.0 Å². The lowest BCUT2D eigenvalue weighted by Gasteiger charge is -2.14. The highest BCUT2D eigenvalue weighted by molar-refractivity contribution is 7.90. The maximum Gasteiger partial charge on any atom is 0.220 e. The van der Waals surface area contributed by atoms with Crippen LogP contribution in [0.1, 0.15) is 31.4 Å². The molecule has 104 valence electrons. The zero-order chi connectivity index (χ0) is 14.5. The average Bonchev–Trinajstić information content (AvgIpc) is 2.35. The van der Waals surface area contributed by atoms with Crippen molar-refractivity contribution in [3.63, 3.8) is 0 Å². The first-order valence-electron chi connectivity index (χ1n) is 5.87. The second kappa shape index (κ2) is 6.47. The minimum atomic E-state index is -3.21. The summed E-state index contributed by atoms with van der Waals surface area (Å²) >= 11 is 0. The fourth-order valence-electron chi connectivity index (χ4n) is 1.59. The molecule has 0 aliphatic heterocycles. The van der Waals surface area contributed by atoms with Gasteiger partial charge in [-0.3, -0.25) is 4.79 Å². The number of hydrogen-bond donors (Lipinski definition) is 1. The zero-order valence-electron chi connectivity index (χ0n) is 10.9. The Labute approximate surface area is 112 Å². The molecule has 0 aromatic heterocycles. The molecule has 0 bridgehead atoms. The van der Waals surface area contributed by atoms with Crippen LogP contribution < -0.4 is 5.32 Å². The maximum absolute atomic E-state index is 11.4. The number of carbonyl (C=O) groups excluding carboxylic acids is 2. The van der Waals surface area contributed by atoms with Gasteiger partial charge in [-0.15, -0.1) is 0 Å². The molecule has 0 radical (unpaired) electrons. The van der Waals surface area contributed by atoms with Crippen molar-refractivity contribution in [2.45, 2.75) is 30.7 Å². The number of rotatable bonds is 6. The molecule has 1 aromatic carbocycles. The van der Waals surface area contributed by atoms with Crippen molar-refractivity contribution in [3.8, 4) is 0 Å². The molecular formula is C13H17NO4S. The third-order valence-corrected chi connectivity index (χ3v) is 3.80. The van der Waals surface area contributed by atoms with Crippen LogP contribution >= 0.6 is 0 Å². The van der Waals surface area contributed by atoms with Crippen LogP contribution in [0.4, 0.5) is 0 Å². The van der Waals surface area contributed by atoms with Gasteiger partial charge in [0.05, 0.1) is 10.9 Å². The van der Waals surface area contributed by atoms with Crippen LogP contribution in [0.15, 0.2) is 29.2 Å². The zero-order valence-corrected chi connectivity index (χ0v) is 11.7. The van der Waals surface area contributed by atoms with E-state index in [1.54, 1.807) is 19.1 Å². The third kappa shape index (κ3) is 4.82. The number of hydrogen-bond acceptors (Lipinski definition) is 4. The molecule has 1 aromatic rings. The van der Waals surface area contributed by atoms with Gasteiger partial charge in [0.25, 0.3) is 0 Å². The van der Waals surface area contributed by atoms with Gasteiger partial charge >= 0.3 is 0 Å². The molecule has 6 heteroatoms. The highest BCUT2D eigenvalue weighted by Gasteiger charge is 2.11. The van der Waals surface area contributed by atoms with Gasteiger partial charge in [0.1, 0.15) is 6.29 Å². The van der Waals surface area contributed by atoms with Crippen LogP contribution in [-0.2, 0) is 19.4 Å². The molecule has 1 unspecified atom stereocenters. The summed E-state index contributed by atoms with van der Waals surface area (Å²) in [4.78, 5) is 21.9. The minimum Gasteiger partial charge on any atom is -0.350 e. The van der Waals surface area contributed by atoms with Crippen molar-refractivity contribution in [2.24, 2.45) is 0 Å². The molecule has 0 spiro atoms. The van der Waals surface area contributed by atoms with Crippen LogP contribution in [-0.4, -0.2) is 26.9 Å². The molecule has 5 nitrogen and oxygen atoms in total. The summed E-state index contributed by atoms with van der Waals surface area (Å²) in [6.45, 7) is 1.80. The minimum absolute atomic E-state index is 0.162. The Morgan fingerprint density at radius 2 is 1.89 bits per heavy atom. The van der Waals surface area contributed by atoms with Crippen LogP contribution in [0.3, 0.4) is 0 Å². The Morgan fingerprint density at radius 1 is 1.32 bits per heavy atom. The summed E-state index contributed by atoms with van der Waals surface area (Å²) in [5.74, 6) is -0.202. The topological polar surface area (TPSA) is 80.3 Å². The Balaban J connectivity index is 2.70. The van der Waals surface area contributed by atoms with Gasteiger partial charge in [0.2, 0.25) is 5.91 Å². The van der Waals surface area contributed by atoms with Gasteiger partial charge in [0.15, 0.2) is 9.84 Å². The van der Waals surface area contributed by atoms with Crippen molar-refractivity contribution in [1.82, 2.24) is 5.32 Å². The predicted octanol–water partition coefficient (Wildman–Crippen LogP) is 1.25. The third-order valence-electron chi connectivity index (χ3n) is 2.67. The van der Waals surface area contributed by atoms with E-state index >= 15 is 0 Å². The molecular weight excluding hydrogens is 266 g/mol. The normalized spacial score (nSPS) is 12.7. The summed E-state index contributed by atoms with van der Waals surface area (Å²) in [5, 5.41) is 2.74. The predicted molar refractivity (Wildman–Crippen MR) is 71.4 cm³/mol. The molecule has 0 saturated carbocycles. The quantitative estimate of drug-likeness (QED) is 0.797. The van der Waals surface area contributed by atoms with Crippen LogP contribution in [0, 0.1) is 0 Å². The molecule has 1 N–H and O–H groups in total. The molecule has 0 heterocycles. The number of carbonyl (C=O) groups is 2. The molecule has 1 atom stereocenters. The van der Waals surface area contributed by atoms with Crippen molar-refractivity contribution in [1.29, 1.82) is 0 Å². The average molecular weight is 283 g/mol. The van der Waals surface area contributed by atoms with Gasteiger partial charge in [0, 0.05) is 19.1 Å². The van der Waals surface area contributed by atoms with E-state index in [-0.39, 0.29) is 29.7 Å².